The Hall–Kier alpha value is -1.88. The van der Waals surface area contributed by atoms with Crippen LogP contribution >= 0.6 is 15.9 Å². The van der Waals surface area contributed by atoms with Crippen LogP contribution in [0.25, 0.3) is 0 Å². The highest BCUT2D eigenvalue weighted by Gasteiger charge is 2.06. The van der Waals surface area contributed by atoms with E-state index in [4.69, 9.17) is 4.74 Å². The molecular weight excluding hydrogens is 320 g/mol. The zero-order valence-electron chi connectivity index (χ0n) is 11.1. The van der Waals surface area contributed by atoms with Crippen molar-refractivity contribution in [2.45, 2.75) is 13.3 Å². The van der Waals surface area contributed by atoms with Crippen molar-refractivity contribution < 1.29 is 9.53 Å². The Bertz CT molecular complexity index is 567. The fourth-order valence-electron chi connectivity index (χ4n) is 1.56. The molecule has 1 aromatic heterocycles. The van der Waals surface area contributed by atoms with Crippen molar-refractivity contribution in [1.29, 1.82) is 0 Å². The van der Waals surface area contributed by atoms with Gasteiger partial charge in [-0.1, -0.05) is 6.92 Å². The van der Waals surface area contributed by atoms with Gasteiger partial charge in [0.15, 0.2) is 0 Å². The van der Waals surface area contributed by atoms with Gasteiger partial charge in [0.2, 0.25) is 0 Å². The Balaban J connectivity index is 2.00. The van der Waals surface area contributed by atoms with Gasteiger partial charge in [0, 0.05) is 16.2 Å². The summed E-state index contributed by atoms with van der Waals surface area (Å²) < 4.78 is 6.34. The lowest BCUT2D eigenvalue weighted by molar-refractivity contribution is 0.102. The molecule has 0 aliphatic carbocycles. The molecule has 0 atom stereocenters. The predicted octanol–water partition coefficient (Wildman–Crippen LogP) is 3.89. The molecule has 104 valence electrons. The van der Waals surface area contributed by atoms with Gasteiger partial charge in [-0.15, -0.1) is 0 Å². The first kappa shape index (κ1) is 14.5. The molecule has 0 fully saturated rings. The molecule has 1 aromatic carbocycles. The third-order valence-electron chi connectivity index (χ3n) is 2.56. The molecule has 1 N–H and O–H groups in total. The van der Waals surface area contributed by atoms with Gasteiger partial charge in [0.05, 0.1) is 6.61 Å². The monoisotopic (exact) mass is 334 g/mol. The zero-order chi connectivity index (χ0) is 14.4. The first-order valence-electron chi connectivity index (χ1n) is 6.35. The standard InChI is InChI=1S/C15H15BrN2O2/c1-2-9-20-13-6-3-11(4-7-13)15(19)18-14-8-5-12(16)10-17-14/h3-8,10H,2,9H2,1H3,(H,17,18,19). The number of hydrogen-bond acceptors (Lipinski definition) is 3. The highest BCUT2D eigenvalue weighted by Crippen LogP contribution is 2.15. The van der Waals surface area contributed by atoms with E-state index >= 15 is 0 Å². The number of benzene rings is 1. The summed E-state index contributed by atoms with van der Waals surface area (Å²) in [6.45, 7) is 2.72. The Morgan fingerprint density at radius 2 is 2.00 bits per heavy atom. The molecule has 0 aliphatic heterocycles. The third-order valence-corrected chi connectivity index (χ3v) is 3.03. The van der Waals surface area contributed by atoms with E-state index in [0.717, 1.165) is 16.6 Å². The average molecular weight is 335 g/mol. The quantitative estimate of drug-likeness (QED) is 0.902. The second kappa shape index (κ2) is 7.05. The minimum Gasteiger partial charge on any atom is -0.494 e. The lowest BCUT2D eigenvalue weighted by Crippen LogP contribution is -2.12. The van der Waals surface area contributed by atoms with Crippen LogP contribution in [-0.4, -0.2) is 17.5 Å². The number of carbonyl (C=O) groups is 1. The molecule has 5 heteroatoms. The van der Waals surface area contributed by atoms with Crippen LogP contribution in [0.2, 0.25) is 0 Å². The fourth-order valence-corrected chi connectivity index (χ4v) is 1.80. The molecule has 0 saturated heterocycles. The number of ether oxygens (including phenoxy) is 1. The second-order valence-corrected chi connectivity index (χ2v) is 5.10. The van der Waals surface area contributed by atoms with E-state index in [0.29, 0.717) is 18.0 Å². The summed E-state index contributed by atoms with van der Waals surface area (Å²) in [7, 11) is 0. The van der Waals surface area contributed by atoms with Crippen LogP contribution in [0.1, 0.15) is 23.7 Å². The van der Waals surface area contributed by atoms with Gasteiger partial charge >= 0.3 is 0 Å². The van der Waals surface area contributed by atoms with Gasteiger partial charge < -0.3 is 10.1 Å². The van der Waals surface area contributed by atoms with Crippen molar-refractivity contribution in [3.05, 3.63) is 52.6 Å². The number of nitrogens with zero attached hydrogens (tertiary/aromatic N) is 1. The molecule has 1 heterocycles. The molecule has 1 amide bonds. The average Bonchev–Trinajstić information content (AvgIpc) is 2.48. The largest absolute Gasteiger partial charge is 0.494 e. The molecular formula is C15H15BrN2O2. The zero-order valence-corrected chi connectivity index (χ0v) is 12.7. The SMILES string of the molecule is CCCOc1ccc(C(=O)Nc2ccc(Br)cn2)cc1. The smallest absolute Gasteiger partial charge is 0.256 e. The van der Waals surface area contributed by atoms with Gasteiger partial charge in [-0.3, -0.25) is 4.79 Å². The maximum Gasteiger partial charge on any atom is 0.256 e. The second-order valence-electron chi connectivity index (χ2n) is 4.19. The first-order valence-corrected chi connectivity index (χ1v) is 7.14. The van der Waals surface area contributed by atoms with Gasteiger partial charge in [-0.05, 0) is 58.7 Å². The molecule has 2 aromatic rings. The lowest BCUT2D eigenvalue weighted by Gasteiger charge is -2.07. The topological polar surface area (TPSA) is 51.2 Å². The molecule has 20 heavy (non-hydrogen) atoms. The van der Waals surface area contributed by atoms with E-state index in [1.807, 2.05) is 13.0 Å². The van der Waals surface area contributed by atoms with E-state index in [-0.39, 0.29) is 5.91 Å². The number of halogens is 1. The van der Waals surface area contributed by atoms with Crippen molar-refractivity contribution in [1.82, 2.24) is 4.98 Å². The van der Waals surface area contributed by atoms with Crippen LogP contribution in [0.3, 0.4) is 0 Å². The third kappa shape index (κ3) is 4.06. The molecule has 0 saturated carbocycles. The Morgan fingerprint density at radius 3 is 2.60 bits per heavy atom. The number of nitrogens with one attached hydrogen (secondary N) is 1. The summed E-state index contributed by atoms with van der Waals surface area (Å²) >= 11 is 3.30. The number of amides is 1. The van der Waals surface area contributed by atoms with E-state index in [1.165, 1.54) is 0 Å². The van der Waals surface area contributed by atoms with Crippen LogP contribution in [0.4, 0.5) is 5.82 Å². The van der Waals surface area contributed by atoms with Crippen LogP contribution in [0.15, 0.2) is 47.1 Å². The van der Waals surface area contributed by atoms with E-state index in [9.17, 15) is 4.79 Å². The number of anilines is 1. The summed E-state index contributed by atoms with van der Waals surface area (Å²) in [5.74, 6) is 1.09. The number of aromatic nitrogens is 1. The van der Waals surface area contributed by atoms with Gasteiger partial charge in [-0.2, -0.15) is 0 Å². The van der Waals surface area contributed by atoms with E-state index < -0.39 is 0 Å². The maximum absolute atomic E-state index is 12.0. The number of hydrogen-bond donors (Lipinski definition) is 1. The molecule has 0 unspecified atom stereocenters. The number of pyridine rings is 1. The molecule has 4 nitrogen and oxygen atoms in total. The highest BCUT2D eigenvalue weighted by atomic mass is 79.9. The van der Waals surface area contributed by atoms with Crippen LogP contribution < -0.4 is 10.1 Å². The molecule has 0 radical (unpaired) electrons. The van der Waals surface area contributed by atoms with Gasteiger partial charge in [-0.25, -0.2) is 4.98 Å². The minimum absolute atomic E-state index is 0.193. The molecule has 2 rings (SSSR count). The van der Waals surface area contributed by atoms with E-state index in [1.54, 1.807) is 36.5 Å². The lowest BCUT2D eigenvalue weighted by atomic mass is 10.2. The molecule has 0 spiro atoms. The van der Waals surface area contributed by atoms with Crippen molar-refractivity contribution in [2.24, 2.45) is 0 Å². The van der Waals surface area contributed by atoms with Crippen molar-refractivity contribution in [2.75, 3.05) is 11.9 Å². The van der Waals surface area contributed by atoms with Gasteiger partial charge in [0.25, 0.3) is 5.91 Å². The van der Waals surface area contributed by atoms with Crippen molar-refractivity contribution in [3.63, 3.8) is 0 Å². The Kier molecular flexibility index (Phi) is 5.12. The van der Waals surface area contributed by atoms with Crippen LogP contribution in [0, 0.1) is 0 Å². The summed E-state index contributed by atoms with van der Waals surface area (Å²) in [6.07, 6.45) is 2.59. The predicted molar refractivity (Wildman–Crippen MR) is 82.1 cm³/mol. The first-order chi connectivity index (χ1) is 9.69. The van der Waals surface area contributed by atoms with Crippen LogP contribution in [-0.2, 0) is 0 Å². The summed E-state index contributed by atoms with van der Waals surface area (Å²) in [5.41, 5.74) is 0.568. The fraction of sp³-hybridized carbons (Fsp3) is 0.200. The molecule has 0 bridgehead atoms. The highest BCUT2D eigenvalue weighted by molar-refractivity contribution is 9.10. The summed E-state index contributed by atoms with van der Waals surface area (Å²) in [4.78, 5) is 16.1. The van der Waals surface area contributed by atoms with E-state index in [2.05, 4.69) is 26.2 Å². The van der Waals surface area contributed by atoms with Gasteiger partial charge in [0.1, 0.15) is 11.6 Å². The summed E-state index contributed by atoms with van der Waals surface area (Å²) in [6, 6.07) is 10.6. The number of carbonyl (C=O) groups excluding carboxylic acids is 1. The minimum atomic E-state index is -0.193. The van der Waals surface area contributed by atoms with Crippen molar-refractivity contribution in [3.8, 4) is 5.75 Å². The number of rotatable bonds is 5. The molecule has 0 aliphatic rings. The Morgan fingerprint density at radius 1 is 1.25 bits per heavy atom. The normalized spacial score (nSPS) is 10.1. The maximum atomic E-state index is 12.0. The van der Waals surface area contributed by atoms with Crippen molar-refractivity contribution >= 4 is 27.7 Å². The summed E-state index contributed by atoms with van der Waals surface area (Å²) in [5, 5.41) is 2.74. The Labute approximate surface area is 126 Å². The van der Waals surface area contributed by atoms with Crippen LogP contribution in [0.5, 0.6) is 5.75 Å².